The number of fused-ring (bicyclic) bond motifs is 1. The summed E-state index contributed by atoms with van der Waals surface area (Å²) in [4.78, 5) is 26.8. The van der Waals surface area contributed by atoms with E-state index in [-0.39, 0.29) is 11.8 Å². The molecule has 0 aromatic carbocycles. The van der Waals surface area contributed by atoms with Crippen LogP contribution in [-0.2, 0) is 22.4 Å². The summed E-state index contributed by atoms with van der Waals surface area (Å²) in [6.07, 6.45) is 7.19. The van der Waals surface area contributed by atoms with Crippen LogP contribution in [0.25, 0.3) is 0 Å². The van der Waals surface area contributed by atoms with E-state index in [0.717, 1.165) is 50.0 Å². The van der Waals surface area contributed by atoms with E-state index in [1.165, 1.54) is 12.0 Å². The topological polar surface area (TPSA) is 71.1 Å². The molecular weight excluding hydrogens is 290 g/mol. The number of aromatic nitrogens is 1. The lowest BCUT2D eigenvalue weighted by atomic mass is 10.1. The number of carbonyl (C=O) groups is 2. The Hall–Kier alpha value is -1.91. The Morgan fingerprint density at radius 3 is 3.13 bits per heavy atom. The lowest BCUT2D eigenvalue weighted by Gasteiger charge is -2.17. The molecule has 1 aromatic rings. The molecule has 2 heterocycles. The molecule has 126 valence electrons. The number of aryl methyl sites for hydroxylation is 2. The Morgan fingerprint density at radius 2 is 2.30 bits per heavy atom. The molecule has 1 atom stereocenters. The fourth-order valence-corrected chi connectivity index (χ4v) is 2.70. The minimum Gasteiger partial charge on any atom is -0.370 e. The number of pyridine rings is 1. The standard InChI is InChI=1S/C18H27N3O2/c1-14(13-22)10-12-19-17(23)7-3-2-6-16-9-8-15-5-4-11-20-18(15)21-16/h8-9,13-14H,2-7,10-12H2,1H3,(H,19,23)(H,20,21). The van der Waals surface area contributed by atoms with E-state index >= 15 is 0 Å². The van der Waals surface area contributed by atoms with Gasteiger partial charge in [0.2, 0.25) is 5.91 Å². The lowest BCUT2D eigenvalue weighted by molar-refractivity contribution is -0.121. The number of aldehydes is 1. The molecule has 0 fully saturated rings. The molecule has 23 heavy (non-hydrogen) atoms. The molecule has 1 aromatic heterocycles. The van der Waals surface area contributed by atoms with E-state index in [9.17, 15) is 9.59 Å². The molecule has 1 aliphatic heterocycles. The van der Waals surface area contributed by atoms with Crippen molar-refractivity contribution >= 4 is 18.0 Å². The van der Waals surface area contributed by atoms with Crippen LogP contribution in [0.15, 0.2) is 12.1 Å². The molecule has 5 heteroatoms. The summed E-state index contributed by atoms with van der Waals surface area (Å²) < 4.78 is 0. The molecule has 0 saturated carbocycles. The average Bonchev–Trinajstić information content (AvgIpc) is 2.58. The molecule has 1 amide bonds. The van der Waals surface area contributed by atoms with E-state index in [1.807, 2.05) is 6.92 Å². The second kappa shape index (κ2) is 9.28. The average molecular weight is 317 g/mol. The van der Waals surface area contributed by atoms with Crippen LogP contribution in [0.2, 0.25) is 0 Å². The van der Waals surface area contributed by atoms with Gasteiger partial charge in [-0.05, 0) is 50.2 Å². The van der Waals surface area contributed by atoms with Gasteiger partial charge in [0.15, 0.2) is 0 Å². The number of amides is 1. The zero-order valence-corrected chi connectivity index (χ0v) is 13.9. The first-order valence-corrected chi connectivity index (χ1v) is 8.63. The summed E-state index contributed by atoms with van der Waals surface area (Å²) in [5.74, 6) is 1.12. The number of unbranched alkanes of at least 4 members (excludes halogenated alkanes) is 1. The third-order valence-electron chi connectivity index (χ3n) is 4.19. The Bertz CT molecular complexity index is 531. The summed E-state index contributed by atoms with van der Waals surface area (Å²) in [6, 6.07) is 4.28. The van der Waals surface area contributed by atoms with Crippen LogP contribution in [0.1, 0.15) is 50.3 Å². The Balaban J connectivity index is 1.61. The number of carbonyl (C=O) groups excluding carboxylic acids is 2. The van der Waals surface area contributed by atoms with Crippen LogP contribution in [0.5, 0.6) is 0 Å². The quantitative estimate of drug-likeness (QED) is 0.542. The predicted octanol–water partition coefficient (Wildman–Crippen LogP) is 2.49. The van der Waals surface area contributed by atoms with Gasteiger partial charge in [-0.3, -0.25) is 4.79 Å². The maximum atomic E-state index is 11.7. The van der Waals surface area contributed by atoms with E-state index in [1.54, 1.807) is 0 Å². The fraction of sp³-hybridized carbons (Fsp3) is 0.611. The highest BCUT2D eigenvalue weighted by Gasteiger charge is 2.10. The van der Waals surface area contributed by atoms with Crippen LogP contribution in [0, 0.1) is 5.92 Å². The van der Waals surface area contributed by atoms with Crippen LogP contribution in [0.4, 0.5) is 5.82 Å². The van der Waals surface area contributed by atoms with Crippen molar-refractivity contribution in [1.29, 1.82) is 0 Å². The molecule has 0 aliphatic carbocycles. The molecule has 0 radical (unpaired) electrons. The van der Waals surface area contributed by atoms with Gasteiger partial charge in [0.25, 0.3) is 0 Å². The number of hydrogen-bond donors (Lipinski definition) is 2. The Kier molecular flexibility index (Phi) is 7.04. The smallest absolute Gasteiger partial charge is 0.219 e. The number of nitrogens with zero attached hydrogens (tertiary/aromatic N) is 1. The molecule has 2 N–H and O–H groups in total. The molecule has 0 spiro atoms. The zero-order valence-electron chi connectivity index (χ0n) is 13.9. The minimum atomic E-state index is 0.0130. The van der Waals surface area contributed by atoms with Crippen molar-refractivity contribution < 1.29 is 9.59 Å². The predicted molar refractivity (Wildman–Crippen MR) is 91.5 cm³/mol. The minimum absolute atomic E-state index is 0.0130. The second-order valence-electron chi connectivity index (χ2n) is 6.30. The molecule has 0 saturated heterocycles. The highest BCUT2D eigenvalue weighted by molar-refractivity contribution is 5.75. The Morgan fingerprint density at radius 1 is 1.43 bits per heavy atom. The van der Waals surface area contributed by atoms with Gasteiger partial charge in [-0.15, -0.1) is 0 Å². The van der Waals surface area contributed by atoms with Crippen molar-refractivity contribution in [2.24, 2.45) is 5.92 Å². The summed E-state index contributed by atoms with van der Waals surface area (Å²) in [7, 11) is 0. The molecule has 1 unspecified atom stereocenters. The summed E-state index contributed by atoms with van der Waals surface area (Å²) >= 11 is 0. The van der Waals surface area contributed by atoms with Crippen molar-refractivity contribution in [3.63, 3.8) is 0 Å². The summed E-state index contributed by atoms with van der Waals surface area (Å²) in [5, 5.41) is 6.21. The monoisotopic (exact) mass is 317 g/mol. The SMILES string of the molecule is CC(C=O)CCNC(=O)CCCCc1ccc2c(n1)NCCC2. The largest absolute Gasteiger partial charge is 0.370 e. The highest BCUT2D eigenvalue weighted by Crippen LogP contribution is 2.20. The number of nitrogens with one attached hydrogen (secondary N) is 2. The lowest BCUT2D eigenvalue weighted by Crippen LogP contribution is -2.25. The van der Waals surface area contributed by atoms with Gasteiger partial charge >= 0.3 is 0 Å². The Labute approximate surface area is 138 Å². The van der Waals surface area contributed by atoms with Crippen LogP contribution < -0.4 is 10.6 Å². The molecule has 1 aliphatic rings. The van der Waals surface area contributed by atoms with Crippen LogP contribution >= 0.6 is 0 Å². The number of hydrogen-bond acceptors (Lipinski definition) is 4. The van der Waals surface area contributed by atoms with Gasteiger partial charge in [0.05, 0.1) is 0 Å². The second-order valence-corrected chi connectivity index (χ2v) is 6.30. The zero-order chi connectivity index (χ0) is 16.5. The van der Waals surface area contributed by atoms with E-state index in [0.29, 0.717) is 19.4 Å². The number of anilines is 1. The molecule has 2 rings (SSSR count). The first-order valence-electron chi connectivity index (χ1n) is 8.63. The van der Waals surface area contributed by atoms with Crippen molar-refractivity contribution in [1.82, 2.24) is 10.3 Å². The van der Waals surface area contributed by atoms with Crippen molar-refractivity contribution in [2.45, 2.75) is 51.9 Å². The van der Waals surface area contributed by atoms with Gasteiger partial charge in [0, 0.05) is 31.1 Å². The van der Waals surface area contributed by atoms with Crippen LogP contribution in [0.3, 0.4) is 0 Å². The number of rotatable bonds is 9. The first kappa shape index (κ1) is 17.4. The van der Waals surface area contributed by atoms with Gasteiger partial charge in [-0.25, -0.2) is 4.98 Å². The van der Waals surface area contributed by atoms with E-state index < -0.39 is 0 Å². The fourth-order valence-electron chi connectivity index (χ4n) is 2.70. The first-order chi connectivity index (χ1) is 11.2. The van der Waals surface area contributed by atoms with Gasteiger partial charge < -0.3 is 15.4 Å². The highest BCUT2D eigenvalue weighted by atomic mass is 16.1. The van der Waals surface area contributed by atoms with E-state index in [4.69, 9.17) is 0 Å². The maximum Gasteiger partial charge on any atom is 0.219 e. The summed E-state index contributed by atoms with van der Waals surface area (Å²) in [6.45, 7) is 3.45. The van der Waals surface area contributed by atoms with Gasteiger partial charge in [0.1, 0.15) is 12.1 Å². The van der Waals surface area contributed by atoms with Crippen molar-refractivity contribution in [3.8, 4) is 0 Å². The molecule has 5 nitrogen and oxygen atoms in total. The van der Waals surface area contributed by atoms with Gasteiger partial charge in [-0.1, -0.05) is 13.0 Å². The maximum absolute atomic E-state index is 11.7. The molecular formula is C18H27N3O2. The van der Waals surface area contributed by atoms with Crippen molar-refractivity contribution in [2.75, 3.05) is 18.4 Å². The van der Waals surface area contributed by atoms with Gasteiger partial charge in [-0.2, -0.15) is 0 Å². The summed E-state index contributed by atoms with van der Waals surface area (Å²) in [5.41, 5.74) is 2.40. The van der Waals surface area contributed by atoms with Crippen LogP contribution in [-0.4, -0.2) is 30.3 Å². The molecule has 0 bridgehead atoms. The normalized spacial score (nSPS) is 14.5. The van der Waals surface area contributed by atoms with Crippen molar-refractivity contribution in [3.05, 3.63) is 23.4 Å². The third-order valence-corrected chi connectivity index (χ3v) is 4.19. The third kappa shape index (κ3) is 6.00. The van der Waals surface area contributed by atoms with E-state index in [2.05, 4.69) is 27.8 Å².